The molecule has 100 valence electrons. The van der Waals surface area contributed by atoms with Gasteiger partial charge in [-0.25, -0.2) is 0 Å². The van der Waals surface area contributed by atoms with Gasteiger partial charge in [-0.2, -0.15) is 0 Å². The maximum atomic E-state index is 12.2. The molecule has 0 aliphatic carbocycles. The van der Waals surface area contributed by atoms with E-state index in [2.05, 4.69) is 20.8 Å². The molecular formula is C13H19BrN2OS. The van der Waals surface area contributed by atoms with Gasteiger partial charge in [-0.1, -0.05) is 0 Å². The molecule has 0 bridgehead atoms. The Morgan fingerprint density at radius 1 is 1.33 bits per heavy atom. The summed E-state index contributed by atoms with van der Waals surface area (Å²) in [5.41, 5.74) is 6.37. The van der Waals surface area contributed by atoms with E-state index in [4.69, 9.17) is 5.73 Å². The minimum atomic E-state index is -0.932. The van der Waals surface area contributed by atoms with Gasteiger partial charge in [0, 0.05) is 15.9 Å². The van der Waals surface area contributed by atoms with Gasteiger partial charge in [0.1, 0.15) is 0 Å². The van der Waals surface area contributed by atoms with E-state index >= 15 is 0 Å². The number of likely N-dealkylation sites (tertiary alicyclic amines) is 1. The lowest BCUT2D eigenvalue weighted by Gasteiger charge is -2.14. The summed E-state index contributed by atoms with van der Waals surface area (Å²) in [4.78, 5) is 3.31. The Hall–Kier alpha value is -0.390. The molecule has 0 radical (unpaired) electrons. The van der Waals surface area contributed by atoms with Crippen LogP contribution in [-0.4, -0.2) is 34.5 Å². The summed E-state index contributed by atoms with van der Waals surface area (Å²) in [6.45, 7) is 3.48. The van der Waals surface area contributed by atoms with Gasteiger partial charge in [0.2, 0.25) is 0 Å². The van der Waals surface area contributed by atoms with Gasteiger partial charge in [-0.3, -0.25) is 4.21 Å². The van der Waals surface area contributed by atoms with Crippen molar-refractivity contribution in [2.45, 2.75) is 24.2 Å². The highest BCUT2D eigenvalue weighted by Gasteiger charge is 2.12. The van der Waals surface area contributed by atoms with Crippen molar-refractivity contribution in [1.29, 1.82) is 0 Å². The number of benzene rings is 1. The number of anilines is 1. The van der Waals surface area contributed by atoms with Crippen molar-refractivity contribution in [1.82, 2.24) is 4.90 Å². The predicted octanol–water partition coefficient (Wildman–Crippen LogP) is 2.62. The van der Waals surface area contributed by atoms with E-state index in [1.54, 1.807) is 6.07 Å². The maximum Gasteiger partial charge on any atom is 0.0541 e. The van der Waals surface area contributed by atoms with Crippen LogP contribution in [0.15, 0.2) is 27.6 Å². The fourth-order valence-corrected chi connectivity index (χ4v) is 4.28. The zero-order valence-corrected chi connectivity index (χ0v) is 12.8. The smallest absolute Gasteiger partial charge is 0.0541 e. The lowest BCUT2D eigenvalue weighted by Crippen LogP contribution is -2.21. The van der Waals surface area contributed by atoms with Crippen LogP contribution in [0, 0.1) is 0 Å². The number of halogens is 1. The van der Waals surface area contributed by atoms with E-state index in [0.717, 1.165) is 28.1 Å². The van der Waals surface area contributed by atoms with Gasteiger partial charge in [-0.15, -0.1) is 0 Å². The van der Waals surface area contributed by atoms with Crippen molar-refractivity contribution in [3.05, 3.63) is 22.7 Å². The summed E-state index contributed by atoms with van der Waals surface area (Å²) < 4.78 is 13.0. The maximum absolute atomic E-state index is 12.2. The largest absolute Gasteiger partial charge is 0.399 e. The standard InChI is InChI=1S/C13H19BrN2OS/c14-12-10-11(15)4-5-13(12)18(17)9-3-8-16-6-1-2-7-16/h4-5,10H,1-3,6-9,15H2. The van der Waals surface area contributed by atoms with Gasteiger partial charge >= 0.3 is 0 Å². The highest BCUT2D eigenvalue weighted by atomic mass is 79.9. The molecule has 3 nitrogen and oxygen atoms in total. The Balaban J connectivity index is 1.83. The van der Waals surface area contributed by atoms with E-state index in [0.29, 0.717) is 5.69 Å². The molecule has 1 unspecified atom stereocenters. The molecule has 1 aliphatic rings. The first kappa shape index (κ1) is 14.0. The molecule has 1 saturated heterocycles. The monoisotopic (exact) mass is 330 g/mol. The molecule has 0 aromatic heterocycles. The van der Waals surface area contributed by atoms with E-state index in [-0.39, 0.29) is 0 Å². The first-order valence-electron chi connectivity index (χ1n) is 6.32. The molecule has 2 N–H and O–H groups in total. The Labute approximate surface area is 119 Å². The van der Waals surface area contributed by atoms with E-state index in [1.807, 2.05) is 12.1 Å². The summed E-state index contributed by atoms with van der Waals surface area (Å²) in [6.07, 6.45) is 3.61. The fraction of sp³-hybridized carbons (Fsp3) is 0.538. The van der Waals surface area contributed by atoms with Crippen LogP contribution in [0.4, 0.5) is 5.69 Å². The van der Waals surface area contributed by atoms with Gasteiger partial charge < -0.3 is 10.6 Å². The summed E-state index contributed by atoms with van der Waals surface area (Å²) in [5, 5.41) is 0. The number of hydrogen-bond donors (Lipinski definition) is 1. The molecule has 1 aliphatic heterocycles. The highest BCUT2D eigenvalue weighted by molar-refractivity contribution is 9.10. The molecule has 1 fully saturated rings. The van der Waals surface area contributed by atoms with Crippen LogP contribution in [0.3, 0.4) is 0 Å². The first-order valence-corrected chi connectivity index (χ1v) is 8.44. The molecule has 1 heterocycles. The minimum absolute atomic E-state index is 0.694. The first-order chi connectivity index (χ1) is 8.66. The Morgan fingerprint density at radius 3 is 2.72 bits per heavy atom. The average molecular weight is 331 g/mol. The molecule has 1 atom stereocenters. The van der Waals surface area contributed by atoms with Crippen molar-refractivity contribution in [2.75, 3.05) is 31.1 Å². The summed E-state index contributed by atoms with van der Waals surface area (Å²) in [5.74, 6) is 0.721. The van der Waals surface area contributed by atoms with Crippen molar-refractivity contribution >= 4 is 32.4 Å². The van der Waals surface area contributed by atoms with Gasteiger partial charge in [0.15, 0.2) is 0 Å². The Bertz CT molecular complexity index is 433. The number of hydrogen-bond acceptors (Lipinski definition) is 3. The third-order valence-electron chi connectivity index (χ3n) is 3.20. The third kappa shape index (κ3) is 3.80. The zero-order chi connectivity index (χ0) is 13.0. The number of nitrogens with two attached hydrogens (primary N) is 1. The molecule has 1 aromatic carbocycles. The normalized spacial score (nSPS) is 18.1. The van der Waals surface area contributed by atoms with Crippen molar-refractivity contribution in [3.63, 3.8) is 0 Å². The molecule has 0 amide bonds. The minimum Gasteiger partial charge on any atom is -0.399 e. The van der Waals surface area contributed by atoms with E-state index in [9.17, 15) is 4.21 Å². The predicted molar refractivity (Wildman–Crippen MR) is 80.1 cm³/mol. The van der Waals surface area contributed by atoms with E-state index in [1.165, 1.54) is 25.9 Å². The van der Waals surface area contributed by atoms with Crippen molar-refractivity contribution in [2.24, 2.45) is 0 Å². The van der Waals surface area contributed by atoms with Crippen LogP contribution >= 0.6 is 15.9 Å². The summed E-state index contributed by atoms with van der Waals surface area (Å²) in [6, 6.07) is 5.47. The van der Waals surface area contributed by atoms with Gasteiger partial charge in [0.05, 0.1) is 15.7 Å². The summed E-state index contributed by atoms with van der Waals surface area (Å²) in [7, 11) is -0.932. The fourth-order valence-electron chi connectivity index (χ4n) is 2.24. The number of nitrogen functional groups attached to an aromatic ring is 1. The van der Waals surface area contributed by atoms with Crippen LogP contribution in [0.1, 0.15) is 19.3 Å². The second kappa shape index (κ2) is 6.68. The van der Waals surface area contributed by atoms with Crippen LogP contribution in [-0.2, 0) is 10.8 Å². The topological polar surface area (TPSA) is 46.3 Å². The highest BCUT2D eigenvalue weighted by Crippen LogP contribution is 2.23. The molecule has 18 heavy (non-hydrogen) atoms. The molecule has 0 spiro atoms. The molecule has 2 rings (SSSR count). The lowest BCUT2D eigenvalue weighted by molar-refractivity contribution is 0.340. The van der Waals surface area contributed by atoms with Crippen LogP contribution in [0.25, 0.3) is 0 Å². The van der Waals surface area contributed by atoms with Crippen LogP contribution in [0.2, 0.25) is 0 Å². The van der Waals surface area contributed by atoms with Gasteiger partial charge in [0.25, 0.3) is 0 Å². The quantitative estimate of drug-likeness (QED) is 0.844. The van der Waals surface area contributed by atoms with Crippen LogP contribution in [0.5, 0.6) is 0 Å². The van der Waals surface area contributed by atoms with E-state index < -0.39 is 10.8 Å². The number of rotatable bonds is 5. The van der Waals surface area contributed by atoms with Crippen LogP contribution < -0.4 is 5.73 Å². The summed E-state index contributed by atoms with van der Waals surface area (Å²) >= 11 is 3.42. The molecule has 0 saturated carbocycles. The molecule has 1 aromatic rings. The van der Waals surface area contributed by atoms with Crippen molar-refractivity contribution in [3.8, 4) is 0 Å². The van der Waals surface area contributed by atoms with Crippen molar-refractivity contribution < 1.29 is 4.21 Å². The second-order valence-corrected chi connectivity index (χ2v) is 7.04. The molecule has 5 heteroatoms. The number of nitrogens with zero attached hydrogens (tertiary/aromatic N) is 1. The second-order valence-electron chi connectivity index (χ2n) is 4.64. The lowest BCUT2D eigenvalue weighted by atomic mass is 10.3. The average Bonchev–Trinajstić information content (AvgIpc) is 2.81. The third-order valence-corrected chi connectivity index (χ3v) is 5.63. The SMILES string of the molecule is Nc1ccc(S(=O)CCCN2CCCC2)c(Br)c1. The van der Waals surface area contributed by atoms with Gasteiger partial charge in [-0.05, 0) is 73.0 Å². The Kier molecular flexibility index (Phi) is 5.21. The molecular weight excluding hydrogens is 312 g/mol. The Morgan fingerprint density at radius 2 is 2.06 bits per heavy atom. The zero-order valence-electron chi connectivity index (χ0n) is 10.4.